The van der Waals surface area contributed by atoms with Crippen LogP contribution in [0, 0.1) is 0 Å². The van der Waals surface area contributed by atoms with Gasteiger partial charge in [-0.25, -0.2) is 0 Å². The fraction of sp³-hybridized carbons (Fsp3) is 0.467. The largest absolute Gasteiger partial charge is 0.461 e. The maximum Gasteiger partial charge on any atom is 0.134 e. The van der Waals surface area contributed by atoms with Crippen molar-refractivity contribution in [3.8, 4) is 0 Å². The molecule has 1 N–H and O–H groups in total. The van der Waals surface area contributed by atoms with Gasteiger partial charge in [0.25, 0.3) is 0 Å². The molecule has 1 heterocycles. The number of hydrogen-bond donors (Lipinski definition) is 1. The van der Waals surface area contributed by atoms with E-state index in [2.05, 4.69) is 32.2 Å². The highest BCUT2D eigenvalue weighted by molar-refractivity contribution is 6.31. The minimum absolute atomic E-state index is 0.0354. The summed E-state index contributed by atoms with van der Waals surface area (Å²) >= 11 is 5.99. The highest BCUT2D eigenvalue weighted by atomic mass is 35.5. The molecule has 0 atom stereocenters. The van der Waals surface area contributed by atoms with Gasteiger partial charge in [-0.05, 0) is 43.8 Å². The minimum atomic E-state index is 0.0354. The topological polar surface area (TPSA) is 25.2 Å². The highest BCUT2D eigenvalue weighted by Crippen LogP contribution is 2.32. The molecule has 0 amide bonds. The Labute approximate surface area is 113 Å². The van der Waals surface area contributed by atoms with E-state index in [0.717, 1.165) is 41.3 Å². The molecule has 0 aliphatic heterocycles. The molecule has 3 heteroatoms. The number of hydrogen-bond acceptors (Lipinski definition) is 2. The summed E-state index contributed by atoms with van der Waals surface area (Å²) in [5, 5.41) is 5.18. The van der Waals surface area contributed by atoms with E-state index in [1.807, 2.05) is 18.2 Å². The molecule has 0 bridgehead atoms. The van der Waals surface area contributed by atoms with Gasteiger partial charge in [0.2, 0.25) is 0 Å². The average Bonchev–Trinajstić information content (AvgIpc) is 2.72. The van der Waals surface area contributed by atoms with Crippen molar-refractivity contribution in [2.75, 3.05) is 13.1 Å². The van der Waals surface area contributed by atoms with Crippen LogP contribution in [0.15, 0.2) is 28.7 Å². The molecule has 0 radical (unpaired) electrons. The average molecular weight is 266 g/mol. The number of fused-ring (bicyclic) bond motifs is 1. The van der Waals surface area contributed by atoms with Gasteiger partial charge in [0.15, 0.2) is 0 Å². The maximum atomic E-state index is 5.99. The third-order valence-corrected chi connectivity index (χ3v) is 3.56. The third-order valence-electron chi connectivity index (χ3n) is 3.32. The van der Waals surface area contributed by atoms with Crippen LogP contribution in [0.3, 0.4) is 0 Å². The zero-order valence-corrected chi connectivity index (χ0v) is 12.0. The zero-order valence-electron chi connectivity index (χ0n) is 11.2. The Balaban J connectivity index is 2.24. The monoisotopic (exact) mass is 265 g/mol. The van der Waals surface area contributed by atoms with Gasteiger partial charge in [-0.3, -0.25) is 0 Å². The van der Waals surface area contributed by atoms with Crippen LogP contribution in [-0.2, 0) is 5.41 Å². The summed E-state index contributed by atoms with van der Waals surface area (Å²) in [6, 6.07) is 7.85. The molecule has 0 aliphatic carbocycles. The molecule has 0 unspecified atom stereocenters. The molecule has 2 rings (SSSR count). The second kappa shape index (κ2) is 5.33. The van der Waals surface area contributed by atoms with Crippen molar-refractivity contribution >= 4 is 22.6 Å². The Kier molecular flexibility index (Phi) is 3.98. The number of furan rings is 1. The highest BCUT2D eigenvalue weighted by Gasteiger charge is 2.24. The van der Waals surface area contributed by atoms with Gasteiger partial charge >= 0.3 is 0 Å². The van der Waals surface area contributed by atoms with Gasteiger partial charge in [-0.1, -0.05) is 32.4 Å². The molecule has 18 heavy (non-hydrogen) atoms. The van der Waals surface area contributed by atoms with Crippen molar-refractivity contribution in [3.05, 3.63) is 35.0 Å². The Bertz CT molecular complexity index is 530. The second-order valence-electron chi connectivity index (χ2n) is 5.28. The Morgan fingerprint density at radius 3 is 2.78 bits per heavy atom. The van der Waals surface area contributed by atoms with Crippen molar-refractivity contribution in [2.24, 2.45) is 0 Å². The lowest BCUT2D eigenvalue weighted by Crippen LogP contribution is -2.24. The first-order valence-electron chi connectivity index (χ1n) is 6.43. The molecule has 0 saturated heterocycles. The van der Waals surface area contributed by atoms with Crippen LogP contribution in [0.5, 0.6) is 0 Å². The lowest BCUT2D eigenvalue weighted by molar-refractivity contribution is 0.372. The van der Waals surface area contributed by atoms with Gasteiger partial charge in [-0.15, -0.1) is 0 Å². The van der Waals surface area contributed by atoms with Crippen LogP contribution in [0.25, 0.3) is 11.0 Å². The third kappa shape index (κ3) is 2.88. The maximum absolute atomic E-state index is 5.99. The summed E-state index contributed by atoms with van der Waals surface area (Å²) in [6.45, 7) is 8.55. The van der Waals surface area contributed by atoms with Crippen molar-refractivity contribution in [3.63, 3.8) is 0 Å². The number of nitrogens with one attached hydrogen (secondary N) is 1. The van der Waals surface area contributed by atoms with Crippen LogP contribution in [-0.4, -0.2) is 13.1 Å². The summed E-state index contributed by atoms with van der Waals surface area (Å²) in [5.74, 6) is 1.03. The van der Waals surface area contributed by atoms with Crippen LogP contribution in [0.2, 0.25) is 5.02 Å². The SMILES string of the molecule is CCNCCC(C)(C)c1cc2cc(Cl)ccc2o1. The van der Waals surface area contributed by atoms with Crippen LogP contribution in [0.1, 0.15) is 33.0 Å². The van der Waals surface area contributed by atoms with Crippen molar-refractivity contribution in [2.45, 2.75) is 32.6 Å². The number of benzene rings is 1. The van der Waals surface area contributed by atoms with Gasteiger partial charge in [0, 0.05) is 15.8 Å². The Hall–Kier alpha value is -0.990. The van der Waals surface area contributed by atoms with Gasteiger partial charge in [0.05, 0.1) is 0 Å². The smallest absolute Gasteiger partial charge is 0.134 e. The van der Waals surface area contributed by atoms with Crippen LogP contribution >= 0.6 is 11.6 Å². The molecule has 2 nitrogen and oxygen atoms in total. The Morgan fingerprint density at radius 2 is 2.06 bits per heavy atom. The van der Waals surface area contributed by atoms with E-state index < -0.39 is 0 Å². The molecule has 1 aromatic carbocycles. The van der Waals surface area contributed by atoms with E-state index in [9.17, 15) is 0 Å². The van der Waals surface area contributed by atoms with E-state index in [1.54, 1.807) is 0 Å². The number of rotatable bonds is 5. The van der Waals surface area contributed by atoms with E-state index in [1.165, 1.54) is 0 Å². The van der Waals surface area contributed by atoms with Gasteiger partial charge in [0.1, 0.15) is 11.3 Å². The summed E-state index contributed by atoms with van der Waals surface area (Å²) in [7, 11) is 0. The van der Waals surface area contributed by atoms with Gasteiger partial charge in [-0.2, -0.15) is 0 Å². The van der Waals surface area contributed by atoms with E-state index in [0.29, 0.717) is 0 Å². The molecule has 1 aromatic heterocycles. The van der Waals surface area contributed by atoms with Crippen molar-refractivity contribution in [1.29, 1.82) is 0 Å². The van der Waals surface area contributed by atoms with E-state index in [4.69, 9.17) is 16.0 Å². The predicted octanol–water partition coefficient (Wildman–Crippen LogP) is 4.36. The van der Waals surface area contributed by atoms with E-state index >= 15 is 0 Å². The van der Waals surface area contributed by atoms with Crippen LogP contribution in [0.4, 0.5) is 0 Å². The summed E-state index contributed by atoms with van der Waals surface area (Å²) < 4.78 is 5.93. The lowest BCUT2D eigenvalue weighted by atomic mass is 9.86. The lowest BCUT2D eigenvalue weighted by Gasteiger charge is -2.21. The molecule has 0 spiro atoms. The van der Waals surface area contributed by atoms with Crippen molar-refractivity contribution < 1.29 is 4.42 Å². The molecule has 98 valence electrons. The summed E-state index contributed by atoms with van der Waals surface area (Å²) in [5.41, 5.74) is 0.944. The minimum Gasteiger partial charge on any atom is -0.461 e. The van der Waals surface area contributed by atoms with Crippen LogP contribution < -0.4 is 5.32 Å². The fourth-order valence-electron chi connectivity index (χ4n) is 2.05. The quantitative estimate of drug-likeness (QED) is 0.813. The molecular formula is C15H20ClNO. The second-order valence-corrected chi connectivity index (χ2v) is 5.72. The van der Waals surface area contributed by atoms with Crippen molar-refractivity contribution in [1.82, 2.24) is 5.32 Å². The number of halogens is 1. The molecule has 2 aromatic rings. The molecule has 0 aliphatic rings. The van der Waals surface area contributed by atoms with Gasteiger partial charge < -0.3 is 9.73 Å². The standard InChI is InChI=1S/C15H20ClNO/c1-4-17-8-7-15(2,3)14-10-11-9-12(16)5-6-13(11)18-14/h5-6,9-10,17H,4,7-8H2,1-3H3. The summed E-state index contributed by atoms with van der Waals surface area (Å²) in [4.78, 5) is 0. The Morgan fingerprint density at radius 1 is 1.28 bits per heavy atom. The fourth-order valence-corrected chi connectivity index (χ4v) is 2.23. The van der Waals surface area contributed by atoms with E-state index in [-0.39, 0.29) is 5.41 Å². The summed E-state index contributed by atoms with van der Waals surface area (Å²) in [6.07, 6.45) is 1.05. The zero-order chi connectivity index (χ0) is 13.2. The molecular weight excluding hydrogens is 246 g/mol. The first kappa shape index (κ1) is 13.4. The molecule has 0 saturated carbocycles. The predicted molar refractivity (Wildman–Crippen MR) is 77.4 cm³/mol. The first-order chi connectivity index (χ1) is 8.53. The first-order valence-corrected chi connectivity index (χ1v) is 6.81. The molecule has 0 fully saturated rings. The normalized spacial score (nSPS) is 12.2.